The number of allylic oxidation sites excluding steroid dienone is 1. The second-order valence-electron chi connectivity index (χ2n) is 9.65. The van der Waals surface area contributed by atoms with Crippen LogP contribution in [0.1, 0.15) is 72.1 Å². The molecule has 0 spiro atoms. The van der Waals surface area contributed by atoms with Gasteiger partial charge >= 0.3 is 0 Å². The van der Waals surface area contributed by atoms with Crippen molar-refractivity contribution < 1.29 is 4.79 Å². The van der Waals surface area contributed by atoms with Crippen LogP contribution in [0.25, 0.3) is 10.4 Å². The smallest absolute Gasteiger partial charge is 0.133 e. The maximum absolute atomic E-state index is 12.2. The van der Waals surface area contributed by atoms with Crippen LogP contribution in [-0.2, 0) is 4.79 Å². The first-order valence-electron chi connectivity index (χ1n) is 10.1. The normalized spacial score (nSPS) is 48.4. The van der Waals surface area contributed by atoms with Crippen molar-refractivity contribution in [3.8, 4) is 0 Å². The largest absolute Gasteiger partial charge is 0.300 e. The summed E-state index contributed by atoms with van der Waals surface area (Å²) in [6.45, 7) is 6.69. The Labute approximate surface area is 151 Å². The summed E-state index contributed by atoms with van der Waals surface area (Å²) >= 11 is 0. The second kappa shape index (κ2) is 5.87. The third-order valence-electron chi connectivity index (χ3n) is 8.78. The molecule has 4 rings (SSSR count). The molecule has 4 nitrogen and oxygen atoms in total. The Morgan fingerprint density at radius 3 is 2.72 bits per heavy atom. The van der Waals surface area contributed by atoms with Crippen LogP contribution in [0.4, 0.5) is 0 Å². The van der Waals surface area contributed by atoms with Gasteiger partial charge in [-0.1, -0.05) is 30.6 Å². The molecule has 0 amide bonds. The van der Waals surface area contributed by atoms with Crippen molar-refractivity contribution in [1.82, 2.24) is 0 Å². The summed E-state index contributed by atoms with van der Waals surface area (Å²) in [7, 11) is 0. The molecular formula is C21H31N3O. The Bertz CT molecular complexity index is 664. The van der Waals surface area contributed by atoms with E-state index in [0.29, 0.717) is 17.1 Å². The lowest BCUT2D eigenvalue weighted by molar-refractivity contribution is -0.127. The summed E-state index contributed by atoms with van der Waals surface area (Å²) in [5, 5.41) is 4.01. The molecule has 0 unspecified atom stereocenters. The highest BCUT2D eigenvalue weighted by Gasteiger charge is 2.59. The van der Waals surface area contributed by atoms with Crippen LogP contribution in [0.5, 0.6) is 0 Å². The highest BCUT2D eigenvalue weighted by Crippen LogP contribution is 2.66. The topological polar surface area (TPSA) is 65.8 Å². The first kappa shape index (κ1) is 17.1. The molecule has 4 aliphatic carbocycles. The van der Waals surface area contributed by atoms with E-state index in [0.717, 1.165) is 37.5 Å². The van der Waals surface area contributed by atoms with E-state index in [1.165, 1.54) is 25.7 Å². The SMILES string of the molecule is CC(=O)[C@H]1CC[C@@H]2[C@H]3CC=C4C[C@@H](N=[N+]=[N-])CC[C@]4(C)[C@@H]3CC[C@]12C. The maximum atomic E-state index is 12.2. The third-order valence-corrected chi connectivity index (χ3v) is 8.78. The quantitative estimate of drug-likeness (QED) is 0.269. The molecule has 25 heavy (non-hydrogen) atoms. The van der Waals surface area contributed by atoms with Gasteiger partial charge in [-0.05, 0) is 92.4 Å². The van der Waals surface area contributed by atoms with Gasteiger partial charge in [0.1, 0.15) is 5.78 Å². The van der Waals surface area contributed by atoms with E-state index >= 15 is 0 Å². The molecule has 0 bridgehead atoms. The fourth-order valence-electron chi connectivity index (χ4n) is 7.48. The van der Waals surface area contributed by atoms with Gasteiger partial charge in [0.25, 0.3) is 0 Å². The van der Waals surface area contributed by atoms with Crippen LogP contribution in [0.15, 0.2) is 16.8 Å². The molecule has 0 aromatic rings. The Morgan fingerprint density at radius 1 is 1.20 bits per heavy atom. The number of fused-ring (bicyclic) bond motifs is 5. The number of ketones is 1. The van der Waals surface area contributed by atoms with E-state index in [-0.39, 0.29) is 17.4 Å². The maximum Gasteiger partial charge on any atom is 0.133 e. The summed E-state index contributed by atoms with van der Waals surface area (Å²) < 4.78 is 0. The molecule has 0 saturated heterocycles. The van der Waals surface area contributed by atoms with E-state index < -0.39 is 0 Å². The van der Waals surface area contributed by atoms with Gasteiger partial charge in [-0.2, -0.15) is 0 Å². The number of carbonyl (C=O) groups excluding carboxylic acids is 1. The zero-order valence-electron chi connectivity index (χ0n) is 15.9. The molecule has 0 aliphatic heterocycles. The molecule has 0 N–H and O–H groups in total. The van der Waals surface area contributed by atoms with E-state index in [4.69, 9.17) is 5.53 Å². The van der Waals surface area contributed by atoms with Crippen LogP contribution < -0.4 is 0 Å². The monoisotopic (exact) mass is 341 g/mol. The highest BCUT2D eigenvalue weighted by molar-refractivity contribution is 5.79. The molecule has 0 aromatic carbocycles. The first-order chi connectivity index (χ1) is 11.9. The Balaban J connectivity index is 1.63. The number of azide groups is 1. The predicted molar refractivity (Wildman–Crippen MR) is 98.8 cm³/mol. The lowest BCUT2D eigenvalue weighted by Crippen LogP contribution is -2.50. The summed E-state index contributed by atoms with van der Waals surface area (Å²) in [5.41, 5.74) is 10.9. The average molecular weight is 341 g/mol. The van der Waals surface area contributed by atoms with E-state index in [2.05, 4.69) is 29.9 Å². The van der Waals surface area contributed by atoms with Gasteiger partial charge in [-0.15, -0.1) is 0 Å². The summed E-state index contributed by atoms with van der Waals surface area (Å²) in [5.74, 6) is 2.91. The number of hydrogen-bond acceptors (Lipinski definition) is 2. The predicted octanol–water partition coefficient (Wildman–Crippen LogP) is 5.83. The van der Waals surface area contributed by atoms with Gasteiger partial charge in [0, 0.05) is 16.9 Å². The summed E-state index contributed by atoms with van der Waals surface area (Å²) in [6.07, 6.45) is 11.6. The Hall–Kier alpha value is -1.28. The molecular weight excluding hydrogens is 310 g/mol. The van der Waals surface area contributed by atoms with Crippen LogP contribution in [0.2, 0.25) is 0 Å². The number of rotatable bonds is 2. The fourth-order valence-corrected chi connectivity index (χ4v) is 7.48. The van der Waals surface area contributed by atoms with Gasteiger partial charge in [0.2, 0.25) is 0 Å². The number of nitrogens with zero attached hydrogens (tertiary/aromatic N) is 3. The molecule has 7 atom stereocenters. The number of carbonyl (C=O) groups is 1. The van der Waals surface area contributed by atoms with Crippen LogP contribution >= 0.6 is 0 Å². The average Bonchev–Trinajstić information content (AvgIpc) is 2.93. The van der Waals surface area contributed by atoms with Gasteiger partial charge in [0.05, 0.1) is 0 Å². The third kappa shape index (κ3) is 2.40. The molecule has 4 aliphatic rings. The molecule has 3 saturated carbocycles. The van der Waals surface area contributed by atoms with Crippen molar-refractivity contribution >= 4 is 5.78 Å². The van der Waals surface area contributed by atoms with Crippen molar-refractivity contribution in [2.45, 2.75) is 78.2 Å². The zero-order chi connectivity index (χ0) is 17.8. The van der Waals surface area contributed by atoms with Gasteiger partial charge in [-0.3, -0.25) is 4.79 Å². The van der Waals surface area contributed by atoms with E-state index in [1.807, 2.05) is 6.92 Å². The molecule has 0 radical (unpaired) electrons. The number of Topliss-reactive ketones (excluding diaryl/α,β-unsaturated/α-hetero) is 1. The van der Waals surface area contributed by atoms with Gasteiger partial charge in [0.15, 0.2) is 0 Å². The fraction of sp³-hybridized carbons (Fsp3) is 0.857. The van der Waals surface area contributed by atoms with Crippen LogP contribution in [0, 0.1) is 34.5 Å². The zero-order valence-corrected chi connectivity index (χ0v) is 15.9. The molecule has 0 aromatic heterocycles. The van der Waals surface area contributed by atoms with Crippen molar-refractivity contribution in [2.24, 2.45) is 39.6 Å². The molecule has 0 heterocycles. The molecule has 4 heteroatoms. The minimum absolute atomic E-state index is 0.156. The highest BCUT2D eigenvalue weighted by atomic mass is 16.1. The minimum atomic E-state index is 0.156. The first-order valence-corrected chi connectivity index (χ1v) is 10.1. The van der Waals surface area contributed by atoms with Gasteiger partial charge < -0.3 is 0 Å². The van der Waals surface area contributed by atoms with Crippen molar-refractivity contribution in [3.63, 3.8) is 0 Å². The van der Waals surface area contributed by atoms with Crippen LogP contribution in [0.3, 0.4) is 0 Å². The van der Waals surface area contributed by atoms with Crippen molar-refractivity contribution in [1.29, 1.82) is 0 Å². The summed E-state index contributed by atoms with van der Waals surface area (Å²) in [4.78, 5) is 15.2. The van der Waals surface area contributed by atoms with Crippen LogP contribution in [-0.4, -0.2) is 11.8 Å². The summed E-state index contributed by atoms with van der Waals surface area (Å²) in [6, 6.07) is 0.156. The van der Waals surface area contributed by atoms with E-state index in [1.54, 1.807) is 5.57 Å². The lowest BCUT2D eigenvalue weighted by Gasteiger charge is -2.58. The molecule has 3 fully saturated rings. The van der Waals surface area contributed by atoms with Crippen molar-refractivity contribution in [3.05, 3.63) is 22.1 Å². The van der Waals surface area contributed by atoms with Gasteiger partial charge in [-0.25, -0.2) is 0 Å². The van der Waals surface area contributed by atoms with Crippen molar-refractivity contribution in [2.75, 3.05) is 0 Å². The Morgan fingerprint density at radius 2 is 2.00 bits per heavy atom. The number of hydrogen-bond donors (Lipinski definition) is 0. The Kier molecular flexibility index (Phi) is 4.03. The molecule has 136 valence electrons. The van der Waals surface area contributed by atoms with E-state index in [9.17, 15) is 4.79 Å². The lowest BCUT2D eigenvalue weighted by atomic mass is 9.47. The standard InChI is InChI=1S/C21H31N3O/c1-13(25)17-6-7-18-16-5-4-14-12-15(23-24-22)8-10-20(14,2)19(16)9-11-21(17,18)3/h4,15-19H,5-12H2,1-3H3/t15-,16+,17+,18+,19+,20-,21+/m0/s1. The minimum Gasteiger partial charge on any atom is -0.300 e. The second-order valence-corrected chi connectivity index (χ2v) is 9.65.